The number of methoxy groups -OCH3 is 2. The minimum absolute atomic E-state index is 0.0624. The van der Waals surface area contributed by atoms with Gasteiger partial charge in [0.1, 0.15) is 12.4 Å². The fraction of sp³-hybridized carbons (Fsp3) is 0.174. The molecule has 1 N–H and O–H groups in total. The van der Waals surface area contributed by atoms with Crippen LogP contribution in [0.25, 0.3) is 0 Å². The Morgan fingerprint density at radius 3 is 2.23 bits per heavy atom. The third-order valence-electron chi connectivity index (χ3n) is 4.27. The smallest absolute Gasteiger partial charge is 0.387 e. The molecule has 0 aliphatic rings. The largest absolute Gasteiger partial charge is 0.493 e. The van der Waals surface area contributed by atoms with Crippen molar-refractivity contribution in [3.63, 3.8) is 0 Å². The quantitative estimate of drug-likeness (QED) is 0.510. The minimum atomic E-state index is -2.96. The molecule has 0 saturated carbocycles. The summed E-state index contributed by atoms with van der Waals surface area (Å²) in [5, 5.41) is 2.64. The fourth-order valence-electron chi connectivity index (χ4n) is 2.84. The van der Waals surface area contributed by atoms with Crippen LogP contribution in [0.3, 0.4) is 0 Å². The average Bonchev–Trinajstić information content (AvgIpc) is 2.77. The Labute approximate surface area is 178 Å². The van der Waals surface area contributed by atoms with E-state index in [1.165, 1.54) is 44.6 Å². The van der Waals surface area contributed by atoms with Gasteiger partial charge < -0.3 is 24.3 Å². The summed E-state index contributed by atoms with van der Waals surface area (Å²) in [6.45, 7) is -2.67. The number of hydrogen-bond donors (Lipinski definition) is 1. The normalized spacial score (nSPS) is 10.5. The predicted molar refractivity (Wildman–Crippen MR) is 111 cm³/mol. The molecular weight excluding hydrogens is 408 g/mol. The van der Waals surface area contributed by atoms with Crippen LogP contribution in [0.15, 0.2) is 66.7 Å². The number of ether oxygens (including phenoxy) is 4. The van der Waals surface area contributed by atoms with Crippen LogP contribution in [0.4, 0.5) is 14.5 Å². The Morgan fingerprint density at radius 2 is 1.61 bits per heavy atom. The zero-order valence-corrected chi connectivity index (χ0v) is 16.9. The number of alkyl halides is 2. The van der Waals surface area contributed by atoms with Gasteiger partial charge in [0, 0.05) is 17.3 Å². The molecule has 0 heterocycles. The molecule has 3 aromatic carbocycles. The lowest BCUT2D eigenvalue weighted by Gasteiger charge is -2.16. The van der Waals surface area contributed by atoms with E-state index in [-0.39, 0.29) is 17.9 Å². The summed E-state index contributed by atoms with van der Waals surface area (Å²) in [6.07, 6.45) is 0. The first-order valence-corrected chi connectivity index (χ1v) is 9.29. The summed E-state index contributed by atoms with van der Waals surface area (Å²) in [5.74, 6) is 0.441. The third-order valence-corrected chi connectivity index (χ3v) is 4.27. The lowest BCUT2D eigenvalue weighted by Crippen LogP contribution is -2.13. The van der Waals surface area contributed by atoms with Crippen molar-refractivity contribution in [2.24, 2.45) is 0 Å². The number of halogens is 2. The van der Waals surface area contributed by atoms with Crippen molar-refractivity contribution in [3.8, 4) is 23.0 Å². The third kappa shape index (κ3) is 5.85. The van der Waals surface area contributed by atoms with E-state index < -0.39 is 12.5 Å². The molecule has 0 aliphatic heterocycles. The van der Waals surface area contributed by atoms with Crippen molar-refractivity contribution < 1.29 is 32.5 Å². The van der Waals surface area contributed by atoms with Gasteiger partial charge in [-0.05, 0) is 29.8 Å². The molecule has 31 heavy (non-hydrogen) atoms. The average molecular weight is 429 g/mol. The van der Waals surface area contributed by atoms with Gasteiger partial charge in [-0.25, -0.2) is 0 Å². The first kappa shape index (κ1) is 21.9. The Balaban J connectivity index is 1.80. The zero-order valence-electron chi connectivity index (χ0n) is 16.9. The fourth-order valence-corrected chi connectivity index (χ4v) is 2.84. The Morgan fingerprint density at radius 1 is 0.935 bits per heavy atom. The topological polar surface area (TPSA) is 66.0 Å². The molecular formula is C23H21F2NO5. The molecule has 3 aromatic rings. The van der Waals surface area contributed by atoms with Gasteiger partial charge in [-0.3, -0.25) is 4.79 Å². The van der Waals surface area contributed by atoms with Gasteiger partial charge in [0.2, 0.25) is 5.75 Å². The first-order chi connectivity index (χ1) is 15.0. The molecule has 0 fully saturated rings. The van der Waals surface area contributed by atoms with Crippen LogP contribution >= 0.6 is 0 Å². The van der Waals surface area contributed by atoms with Crippen LogP contribution < -0.4 is 24.3 Å². The second-order valence-corrected chi connectivity index (χ2v) is 6.34. The lowest BCUT2D eigenvalue weighted by molar-refractivity contribution is -0.0498. The van der Waals surface area contributed by atoms with E-state index in [1.807, 2.05) is 30.3 Å². The van der Waals surface area contributed by atoms with Crippen LogP contribution in [0, 0.1) is 0 Å². The number of carbonyl (C=O) groups excluding carboxylic acids is 1. The van der Waals surface area contributed by atoms with Crippen LogP contribution in [-0.4, -0.2) is 26.7 Å². The van der Waals surface area contributed by atoms with Crippen molar-refractivity contribution in [3.05, 3.63) is 77.9 Å². The van der Waals surface area contributed by atoms with Gasteiger partial charge in [0.05, 0.1) is 14.2 Å². The molecule has 3 rings (SSSR count). The minimum Gasteiger partial charge on any atom is -0.493 e. The summed E-state index contributed by atoms with van der Waals surface area (Å²) in [5.41, 5.74) is 1.49. The van der Waals surface area contributed by atoms with Gasteiger partial charge in [-0.15, -0.1) is 0 Å². The highest BCUT2D eigenvalue weighted by atomic mass is 19.3. The number of amides is 1. The molecule has 6 nitrogen and oxygen atoms in total. The van der Waals surface area contributed by atoms with Gasteiger partial charge in [0.25, 0.3) is 5.91 Å². The van der Waals surface area contributed by atoms with Crippen LogP contribution in [0.5, 0.6) is 23.0 Å². The Bertz CT molecular complexity index is 1000. The summed E-state index contributed by atoms with van der Waals surface area (Å²) >= 11 is 0. The van der Waals surface area contributed by atoms with Crippen molar-refractivity contribution in [1.82, 2.24) is 0 Å². The number of hydrogen-bond acceptors (Lipinski definition) is 5. The number of carbonyl (C=O) groups is 1. The second kappa shape index (κ2) is 10.3. The van der Waals surface area contributed by atoms with E-state index in [0.717, 1.165) is 5.56 Å². The predicted octanol–water partition coefficient (Wildman–Crippen LogP) is 5.14. The number of anilines is 1. The standard InChI is InChI=1S/C23H21F2NO5/c1-28-19-11-16(22(27)26-17-9-6-10-18(13-17)31-23(24)25)12-20(29-2)21(19)30-14-15-7-4-3-5-8-15/h3-13,23H,14H2,1-2H3,(H,26,27). The molecule has 162 valence electrons. The molecule has 8 heteroatoms. The van der Waals surface area contributed by atoms with Gasteiger partial charge >= 0.3 is 6.61 Å². The Hall–Kier alpha value is -3.81. The van der Waals surface area contributed by atoms with Gasteiger partial charge in [-0.1, -0.05) is 36.4 Å². The van der Waals surface area contributed by atoms with Crippen molar-refractivity contribution >= 4 is 11.6 Å². The van der Waals surface area contributed by atoms with Crippen LogP contribution in [-0.2, 0) is 6.61 Å². The monoisotopic (exact) mass is 429 g/mol. The Kier molecular flexibility index (Phi) is 7.26. The summed E-state index contributed by atoms with van der Waals surface area (Å²) in [4.78, 5) is 12.7. The maximum absolute atomic E-state index is 12.7. The number of benzene rings is 3. The van der Waals surface area contributed by atoms with Gasteiger partial charge in [0.15, 0.2) is 11.5 Å². The van der Waals surface area contributed by atoms with Crippen molar-refractivity contribution in [1.29, 1.82) is 0 Å². The highest BCUT2D eigenvalue weighted by Gasteiger charge is 2.18. The molecule has 1 amide bonds. The van der Waals surface area contributed by atoms with Crippen LogP contribution in [0.2, 0.25) is 0 Å². The lowest BCUT2D eigenvalue weighted by atomic mass is 10.1. The van der Waals surface area contributed by atoms with Crippen molar-refractivity contribution in [2.45, 2.75) is 13.2 Å². The highest BCUT2D eigenvalue weighted by molar-refractivity contribution is 6.05. The van der Waals surface area contributed by atoms with E-state index in [4.69, 9.17) is 14.2 Å². The molecule has 0 saturated heterocycles. The molecule has 0 unspecified atom stereocenters. The second-order valence-electron chi connectivity index (χ2n) is 6.34. The number of nitrogens with one attached hydrogen (secondary N) is 1. The molecule has 0 atom stereocenters. The van der Waals surface area contributed by atoms with E-state index in [9.17, 15) is 13.6 Å². The summed E-state index contributed by atoms with van der Waals surface area (Å²) < 4.78 is 45.8. The van der Waals surface area contributed by atoms with Crippen molar-refractivity contribution in [2.75, 3.05) is 19.5 Å². The number of rotatable bonds is 9. The van der Waals surface area contributed by atoms with E-state index >= 15 is 0 Å². The van der Waals surface area contributed by atoms with E-state index in [0.29, 0.717) is 22.9 Å². The molecule has 0 spiro atoms. The van der Waals surface area contributed by atoms with Gasteiger partial charge in [-0.2, -0.15) is 8.78 Å². The summed E-state index contributed by atoms with van der Waals surface area (Å²) in [7, 11) is 2.91. The SMILES string of the molecule is COc1cc(C(=O)Nc2cccc(OC(F)F)c2)cc(OC)c1OCc1ccccc1. The zero-order chi connectivity index (χ0) is 22.2. The molecule has 0 aromatic heterocycles. The van der Waals surface area contributed by atoms with E-state index in [1.54, 1.807) is 6.07 Å². The maximum atomic E-state index is 12.7. The molecule has 0 bridgehead atoms. The maximum Gasteiger partial charge on any atom is 0.387 e. The highest BCUT2D eigenvalue weighted by Crippen LogP contribution is 2.39. The molecule has 0 radical (unpaired) electrons. The van der Waals surface area contributed by atoms with Crippen LogP contribution in [0.1, 0.15) is 15.9 Å². The molecule has 0 aliphatic carbocycles. The summed E-state index contributed by atoms with van der Waals surface area (Å²) in [6, 6.07) is 18.3. The first-order valence-electron chi connectivity index (χ1n) is 9.29. The van der Waals surface area contributed by atoms with E-state index in [2.05, 4.69) is 10.1 Å².